The zero-order valence-electron chi connectivity index (χ0n) is 18.8. The van der Waals surface area contributed by atoms with Gasteiger partial charge in [0.1, 0.15) is 17.5 Å². The molecule has 4 aromatic rings. The van der Waals surface area contributed by atoms with Crippen LogP contribution in [0.1, 0.15) is 22.6 Å². The third kappa shape index (κ3) is 2.98. The van der Waals surface area contributed by atoms with E-state index in [1.54, 1.807) is 18.3 Å². The van der Waals surface area contributed by atoms with Crippen LogP contribution in [0.2, 0.25) is 0 Å². The minimum atomic E-state index is -0.257. The van der Waals surface area contributed by atoms with Gasteiger partial charge in [0.2, 0.25) is 0 Å². The summed E-state index contributed by atoms with van der Waals surface area (Å²) in [7, 11) is 1.83. The summed E-state index contributed by atoms with van der Waals surface area (Å²) >= 11 is 0. The number of nitrogens with one attached hydrogen (secondary N) is 1. The van der Waals surface area contributed by atoms with Crippen molar-refractivity contribution in [1.29, 1.82) is 0 Å². The Hall–Kier alpha value is -3.65. The van der Waals surface area contributed by atoms with Gasteiger partial charge < -0.3 is 16.0 Å². The summed E-state index contributed by atoms with van der Waals surface area (Å²) in [4.78, 5) is 21.3. The number of aromatic nitrogens is 4. The van der Waals surface area contributed by atoms with Crippen LogP contribution in [0, 0.1) is 17.7 Å². The molecule has 0 spiro atoms. The van der Waals surface area contributed by atoms with Crippen molar-refractivity contribution in [3.05, 3.63) is 71.2 Å². The van der Waals surface area contributed by atoms with Crippen LogP contribution in [0.3, 0.4) is 0 Å². The van der Waals surface area contributed by atoms with Gasteiger partial charge in [0.25, 0.3) is 0 Å². The first kappa shape index (κ1) is 19.8. The van der Waals surface area contributed by atoms with E-state index in [0.29, 0.717) is 30.7 Å². The van der Waals surface area contributed by atoms with Crippen LogP contribution in [0.25, 0.3) is 22.2 Å². The Morgan fingerprint density at radius 2 is 1.97 bits per heavy atom. The fraction of sp³-hybridized carbons (Fsp3) is 0.308. The van der Waals surface area contributed by atoms with E-state index in [2.05, 4.69) is 20.2 Å². The van der Waals surface area contributed by atoms with Crippen molar-refractivity contribution in [3.8, 4) is 11.1 Å². The number of benzene rings is 1. The molecule has 1 aromatic carbocycles. The lowest BCUT2D eigenvalue weighted by atomic mass is 10.0. The summed E-state index contributed by atoms with van der Waals surface area (Å²) < 4.78 is 14.5. The summed E-state index contributed by atoms with van der Waals surface area (Å²) in [6.07, 6.45) is 4.86. The molecule has 34 heavy (non-hydrogen) atoms. The molecule has 2 aliphatic carbocycles. The van der Waals surface area contributed by atoms with E-state index in [1.165, 1.54) is 0 Å². The SMILES string of the molecule is CNc1cc(F)cc2c1Cc1nc(Cc3cnc4cccnc4c3)nc(N3CC4C(N)C4C3)c1-2. The molecule has 2 fully saturated rings. The van der Waals surface area contributed by atoms with Crippen molar-refractivity contribution in [1.82, 2.24) is 19.9 Å². The number of hydrogen-bond acceptors (Lipinski definition) is 7. The molecule has 1 saturated carbocycles. The summed E-state index contributed by atoms with van der Waals surface area (Å²) in [5, 5.41) is 3.15. The monoisotopic (exact) mass is 453 g/mol. The van der Waals surface area contributed by atoms with Gasteiger partial charge in [0.05, 0.1) is 16.7 Å². The lowest BCUT2D eigenvalue weighted by Gasteiger charge is -2.24. The molecule has 8 heteroatoms. The molecule has 1 aliphatic heterocycles. The van der Waals surface area contributed by atoms with Gasteiger partial charge in [-0.3, -0.25) is 9.97 Å². The number of halogens is 1. The van der Waals surface area contributed by atoms with Gasteiger partial charge in [-0.1, -0.05) is 0 Å². The van der Waals surface area contributed by atoms with Gasteiger partial charge in [0, 0.05) is 62.7 Å². The summed E-state index contributed by atoms with van der Waals surface area (Å²) in [6, 6.07) is 9.35. The molecule has 2 unspecified atom stereocenters. The zero-order chi connectivity index (χ0) is 23.0. The van der Waals surface area contributed by atoms with E-state index in [4.69, 9.17) is 15.7 Å². The Kier molecular flexibility index (Phi) is 4.17. The standard InChI is InChI=1S/C26H24FN7/c1-29-20-8-14(27)7-16-15(20)9-22-24(16)26(34-11-17-18(12-34)25(17)28)33-23(32-22)6-13-5-21-19(31-10-13)3-2-4-30-21/h2-5,7-8,10,17-18,25,29H,6,9,11-12,28H2,1H3. The van der Waals surface area contributed by atoms with Crippen LogP contribution >= 0.6 is 0 Å². The Labute approximate surface area is 196 Å². The number of rotatable bonds is 4. The quantitative estimate of drug-likeness (QED) is 0.432. The molecule has 0 radical (unpaired) electrons. The third-order valence-corrected chi connectivity index (χ3v) is 7.54. The zero-order valence-corrected chi connectivity index (χ0v) is 18.8. The topological polar surface area (TPSA) is 92.8 Å². The van der Waals surface area contributed by atoms with Crippen molar-refractivity contribution in [2.45, 2.75) is 18.9 Å². The number of piperidine rings is 1. The van der Waals surface area contributed by atoms with E-state index in [-0.39, 0.29) is 5.82 Å². The fourth-order valence-corrected chi connectivity index (χ4v) is 5.72. The Morgan fingerprint density at radius 1 is 1.12 bits per heavy atom. The minimum absolute atomic E-state index is 0.257. The molecule has 7 rings (SSSR count). The molecule has 7 nitrogen and oxygen atoms in total. The summed E-state index contributed by atoms with van der Waals surface area (Å²) in [5.74, 6) is 2.43. The Morgan fingerprint density at radius 3 is 2.79 bits per heavy atom. The second kappa shape index (κ2) is 7.17. The number of anilines is 2. The molecule has 4 heterocycles. The van der Waals surface area contributed by atoms with Crippen molar-refractivity contribution in [2.24, 2.45) is 17.6 Å². The molecular formula is C26H24FN7. The second-order valence-electron chi connectivity index (χ2n) is 9.56. The van der Waals surface area contributed by atoms with Crippen LogP contribution in [0.15, 0.2) is 42.7 Å². The van der Waals surface area contributed by atoms with Crippen molar-refractivity contribution < 1.29 is 4.39 Å². The van der Waals surface area contributed by atoms with Gasteiger partial charge in [0.15, 0.2) is 0 Å². The van der Waals surface area contributed by atoms with E-state index < -0.39 is 0 Å². The van der Waals surface area contributed by atoms with Crippen LogP contribution in [0.4, 0.5) is 15.9 Å². The third-order valence-electron chi connectivity index (χ3n) is 7.54. The molecule has 1 saturated heterocycles. The molecule has 0 bridgehead atoms. The molecule has 2 atom stereocenters. The molecule has 3 aromatic heterocycles. The largest absolute Gasteiger partial charge is 0.388 e. The van der Waals surface area contributed by atoms with Gasteiger partial charge in [-0.05, 0) is 58.9 Å². The maximum atomic E-state index is 14.5. The molecule has 0 amide bonds. The van der Waals surface area contributed by atoms with E-state index in [1.807, 2.05) is 31.4 Å². The van der Waals surface area contributed by atoms with Crippen molar-refractivity contribution in [3.63, 3.8) is 0 Å². The fourth-order valence-electron chi connectivity index (χ4n) is 5.72. The van der Waals surface area contributed by atoms with E-state index >= 15 is 0 Å². The van der Waals surface area contributed by atoms with Crippen LogP contribution < -0.4 is 16.0 Å². The molecule has 3 aliphatic rings. The molecule has 170 valence electrons. The summed E-state index contributed by atoms with van der Waals surface area (Å²) in [6.45, 7) is 1.78. The van der Waals surface area contributed by atoms with Crippen molar-refractivity contribution in [2.75, 3.05) is 30.4 Å². The lowest BCUT2D eigenvalue weighted by Crippen LogP contribution is -2.29. The maximum absolute atomic E-state index is 14.5. The maximum Gasteiger partial charge on any atom is 0.140 e. The summed E-state index contributed by atoms with van der Waals surface area (Å²) in [5.41, 5.74) is 13.6. The minimum Gasteiger partial charge on any atom is -0.388 e. The predicted molar refractivity (Wildman–Crippen MR) is 129 cm³/mol. The number of nitrogens with two attached hydrogens (primary N) is 1. The van der Waals surface area contributed by atoms with Crippen molar-refractivity contribution >= 4 is 22.5 Å². The number of pyridine rings is 2. The first-order valence-electron chi connectivity index (χ1n) is 11.7. The molecule has 3 N–H and O–H groups in total. The highest BCUT2D eigenvalue weighted by atomic mass is 19.1. The van der Waals surface area contributed by atoms with E-state index in [9.17, 15) is 4.39 Å². The van der Waals surface area contributed by atoms with Gasteiger partial charge in [-0.15, -0.1) is 0 Å². The number of fused-ring (bicyclic) bond motifs is 5. The average molecular weight is 454 g/mol. The highest BCUT2D eigenvalue weighted by molar-refractivity contribution is 5.88. The lowest BCUT2D eigenvalue weighted by molar-refractivity contribution is 0.628. The highest BCUT2D eigenvalue weighted by Crippen LogP contribution is 2.49. The highest BCUT2D eigenvalue weighted by Gasteiger charge is 2.54. The van der Waals surface area contributed by atoms with Gasteiger partial charge >= 0.3 is 0 Å². The Bertz CT molecular complexity index is 1460. The second-order valence-corrected chi connectivity index (χ2v) is 9.56. The number of hydrogen-bond donors (Lipinski definition) is 2. The van der Waals surface area contributed by atoms with E-state index in [0.717, 1.165) is 69.4 Å². The predicted octanol–water partition coefficient (Wildman–Crippen LogP) is 3.16. The number of nitrogens with zero attached hydrogens (tertiary/aromatic N) is 5. The first-order chi connectivity index (χ1) is 16.6. The Balaban J connectivity index is 1.33. The van der Waals surface area contributed by atoms with Crippen LogP contribution in [-0.2, 0) is 12.8 Å². The van der Waals surface area contributed by atoms with Gasteiger partial charge in [-0.25, -0.2) is 14.4 Å². The average Bonchev–Trinajstić information content (AvgIpc) is 3.19. The molecular weight excluding hydrogens is 429 g/mol. The van der Waals surface area contributed by atoms with Crippen LogP contribution in [-0.4, -0.2) is 46.1 Å². The first-order valence-corrected chi connectivity index (χ1v) is 11.7. The van der Waals surface area contributed by atoms with Gasteiger partial charge in [-0.2, -0.15) is 0 Å². The normalized spacial score (nSPS) is 22.0. The smallest absolute Gasteiger partial charge is 0.140 e. The van der Waals surface area contributed by atoms with Crippen LogP contribution in [0.5, 0.6) is 0 Å².